The maximum Gasteiger partial charge on any atom is 0.137 e. The van der Waals surface area contributed by atoms with Crippen LogP contribution < -0.4 is 4.74 Å². The van der Waals surface area contributed by atoms with Crippen LogP contribution in [0.3, 0.4) is 0 Å². The number of pyridine rings is 2. The molecule has 0 aliphatic rings. The third-order valence-electron chi connectivity index (χ3n) is 6.42. The Balaban J connectivity index is 0.00000264. The fraction of sp³-hybridized carbons (Fsp3) is 0. The van der Waals surface area contributed by atoms with Crippen molar-refractivity contribution in [3.63, 3.8) is 0 Å². The molecule has 0 saturated heterocycles. The fourth-order valence-corrected chi connectivity index (χ4v) is 4.72. The van der Waals surface area contributed by atoms with Gasteiger partial charge in [-0.25, -0.2) is 9.67 Å². The number of ether oxygens (including phenoxy) is 1. The Bertz CT molecular complexity index is 1860. The van der Waals surface area contributed by atoms with E-state index in [-0.39, 0.29) is 21.1 Å². The van der Waals surface area contributed by atoms with Gasteiger partial charge in [-0.1, -0.05) is 36.4 Å². The predicted molar refractivity (Wildman–Crippen MR) is 145 cm³/mol. The molecule has 186 valence electrons. The average Bonchev–Trinajstić information content (AvgIpc) is 3.58. The van der Waals surface area contributed by atoms with Crippen LogP contribution >= 0.6 is 0 Å². The number of para-hydroxylation sites is 1. The number of hydrogen-bond acceptors (Lipinski definition) is 4. The second kappa shape index (κ2) is 10.1. The van der Waals surface area contributed by atoms with Gasteiger partial charge in [0.25, 0.3) is 0 Å². The normalized spacial score (nSPS) is 10.9. The first-order valence-corrected chi connectivity index (χ1v) is 12.0. The molecule has 0 saturated carbocycles. The molecule has 0 fully saturated rings. The first kappa shape index (κ1) is 23.8. The summed E-state index contributed by atoms with van der Waals surface area (Å²) < 4.78 is 10.4. The topological polar surface area (TPSA) is 57.8 Å². The van der Waals surface area contributed by atoms with E-state index in [9.17, 15) is 0 Å². The fourth-order valence-electron chi connectivity index (χ4n) is 4.72. The molecule has 7 aromatic rings. The van der Waals surface area contributed by atoms with Gasteiger partial charge in [0.2, 0.25) is 0 Å². The third kappa shape index (κ3) is 4.29. The van der Waals surface area contributed by atoms with Crippen molar-refractivity contribution in [3.05, 3.63) is 128 Å². The number of fused-ring (bicyclic) bond motifs is 3. The molecule has 4 aromatic heterocycles. The monoisotopic (exact) mass is 674 g/mol. The zero-order valence-corrected chi connectivity index (χ0v) is 22.4. The summed E-state index contributed by atoms with van der Waals surface area (Å²) in [5.41, 5.74) is 5.10. The minimum absolute atomic E-state index is 0. The molecule has 0 atom stereocenters. The minimum atomic E-state index is 0. The van der Waals surface area contributed by atoms with Crippen LogP contribution in [0.25, 0.3) is 44.4 Å². The van der Waals surface area contributed by atoms with E-state index < -0.39 is 0 Å². The van der Waals surface area contributed by atoms with E-state index in [0.717, 1.165) is 50.6 Å². The Morgan fingerprint density at radius 2 is 1.50 bits per heavy atom. The predicted octanol–water partition coefficient (Wildman–Crippen LogP) is 7.22. The number of aromatic nitrogens is 5. The first-order chi connectivity index (χ1) is 18.3. The Morgan fingerprint density at radius 1 is 0.632 bits per heavy atom. The van der Waals surface area contributed by atoms with Gasteiger partial charge in [0.05, 0.1) is 22.9 Å². The van der Waals surface area contributed by atoms with Crippen LogP contribution in [0.4, 0.5) is 0 Å². The van der Waals surface area contributed by atoms with Gasteiger partial charge < -0.3 is 4.74 Å². The van der Waals surface area contributed by atoms with Crippen LogP contribution in [0.2, 0.25) is 0 Å². The summed E-state index contributed by atoms with van der Waals surface area (Å²) >= 11 is 0. The largest absolute Gasteiger partial charge is 0.457 e. The maximum absolute atomic E-state index is 6.34. The van der Waals surface area contributed by atoms with Gasteiger partial charge >= 0.3 is 0 Å². The van der Waals surface area contributed by atoms with Crippen LogP contribution in [0.5, 0.6) is 11.5 Å². The van der Waals surface area contributed by atoms with E-state index in [1.54, 1.807) is 6.20 Å². The molecule has 0 N–H and O–H groups in total. The summed E-state index contributed by atoms with van der Waals surface area (Å²) in [6.07, 6.45) is 9.25. The van der Waals surface area contributed by atoms with Crippen molar-refractivity contribution in [2.24, 2.45) is 0 Å². The second-order valence-corrected chi connectivity index (χ2v) is 8.73. The van der Waals surface area contributed by atoms with Crippen molar-refractivity contribution in [2.75, 3.05) is 0 Å². The Morgan fingerprint density at radius 3 is 2.37 bits per heavy atom. The summed E-state index contributed by atoms with van der Waals surface area (Å²) in [5, 5.41) is 6.88. The molecular weight excluding hydrogens is 653 g/mol. The minimum Gasteiger partial charge on any atom is -0.457 e. The van der Waals surface area contributed by atoms with Crippen LogP contribution in [0.15, 0.2) is 128 Å². The van der Waals surface area contributed by atoms with Gasteiger partial charge in [-0.3, -0.25) is 9.55 Å². The molecule has 4 heterocycles. The summed E-state index contributed by atoms with van der Waals surface area (Å²) in [6, 6.07) is 32.4. The Labute approximate surface area is 233 Å². The summed E-state index contributed by atoms with van der Waals surface area (Å²) in [6.45, 7) is 0. The molecule has 0 bridgehead atoms. The zero-order valence-electron chi connectivity index (χ0n) is 20.1. The van der Waals surface area contributed by atoms with E-state index in [4.69, 9.17) is 4.74 Å². The van der Waals surface area contributed by atoms with E-state index in [2.05, 4.69) is 56.0 Å². The van der Waals surface area contributed by atoms with Gasteiger partial charge in [0.1, 0.15) is 17.3 Å². The van der Waals surface area contributed by atoms with E-state index >= 15 is 0 Å². The smallest absolute Gasteiger partial charge is 0.137 e. The van der Waals surface area contributed by atoms with Crippen molar-refractivity contribution < 1.29 is 25.8 Å². The molecule has 0 amide bonds. The molecule has 3 aromatic carbocycles. The molecule has 38 heavy (non-hydrogen) atoms. The standard InChI is InChI=1S/C31H21N5O.Pt/c1-2-11-29-27(10-1)28-14-13-26(18-30(28)36(29)31-12-3-4-16-33-31)37-25-9-5-8-24(17-25)35-21-23(20-34-35)22-7-6-15-32-19-22;/h1-21H;. The van der Waals surface area contributed by atoms with Crippen molar-refractivity contribution in [1.82, 2.24) is 24.3 Å². The second-order valence-electron chi connectivity index (χ2n) is 8.73. The number of benzene rings is 3. The molecule has 0 spiro atoms. The summed E-state index contributed by atoms with van der Waals surface area (Å²) in [7, 11) is 0. The zero-order chi connectivity index (χ0) is 24.6. The van der Waals surface area contributed by atoms with Crippen molar-refractivity contribution in [2.45, 2.75) is 0 Å². The molecule has 7 rings (SSSR count). The Hall–Kier alpha value is -4.54. The average molecular weight is 675 g/mol. The van der Waals surface area contributed by atoms with E-state index in [1.807, 2.05) is 90.1 Å². The van der Waals surface area contributed by atoms with Gasteiger partial charge in [-0.2, -0.15) is 5.10 Å². The van der Waals surface area contributed by atoms with Gasteiger partial charge in [-0.05, 0) is 48.5 Å². The van der Waals surface area contributed by atoms with Crippen molar-refractivity contribution >= 4 is 21.8 Å². The molecule has 7 heteroatoms. The van der Waals surface area contributed by atoms with E-state index in [0.29, 0.717) is 0 Å². The SMILES string of the molecule is [Pt].c1ccc(-n2c3ccccc3c3ccc(Oc4cccc(-n5cc(-c6cccnc6)cn5)c4)cc32)nc1. The quantitative estimate of drug-likeness (QED) is 0.194. The van der Waals surface area contributed by atoms with Crippen LogP contribution in [0.1, 0.15) is 0 Å². The number of hydrogen-bond donors (Lipinski definition) is 0. The van der Waals surface area contributed by atoms with Crippen LogP contribution in [-0.4, -0.2) is 24.3 Å². The summed E-state index contributed by atoms with van der Waals surface area (Å²) in [5.74, 6) is 2.35. The molecule has 0 unspecified atom stereocenters. The third-order valence-corrected chi connectivity index (χ3v) is 6.42. The molecule has 0 radical (unpaired) electrons. The van der Waals surface area contributed by atoms with Gasteiger partial charge in [0.15, 0.2) is 0 Å². The van der Waals surface area contributed by atoms with Crippen molar-refractivity contribution in [1.29, 1.82) is 0 Å². The molecular formula is C31H21N5OPt. The molecule has 6 nitrogen and oxygen atoms in total. The van der Waals surface area contributed by atoms with Gasteiger partial charge in [-0.15, -0.1) is 0 Å². The maximum atomic E-state index is 6.34. The number of nitrogens with zero attached hydrogens (tertiary/aromatic N) is 5. The van der Waals surface area contributed by atoms with Crippen molar-refractivity contribution in [3.8, 4) is 34.1 Å². The Kier molecular flexibility index (Phi) is 6.32. The molecule has 0 aliphatic heterocycles. The van der Waals surface area contributed by atoms with E-state index in [1.165, 1.54) is 5.39 Å². The van der Waals surface area contributed by atoms with Gasteiger partial charge in [0, 0.05) is 79.9 Å². The summed E-state index contributed by atoms with van der Waals surface area (Å²) in [4.78, 5) is 8.81. The van der Waals surface area contributed by atoms with Crippen LogP contribution in [-0.2, 0) is 21.1 Å². The van der Waals surface area contributed by atoms with Crippen LogP contribution in [0, 0.1) is 0 Å². The number of rotatable bonds is 5. The molecule has 0 aliphatic carbocycles. The first-order valence-electron chi connectivity index (χ1n) is 12.0.